The van der Waals surface area contributed by atoms with Gasteiger partial charge in [0.15, 0.2) is 14.4 Å². The summed E-state index contributed by atoms with van der Waals surface area (Å²) in [5.41, 5.74) is 0.956. The van der Waals surface area contributed by atoms with E-state index in [4.69, 9.17) is 13.9 Å². The molecular formula is C28H46O5SSi. The highest BCUT2D eigenvalue weighted by molar-refractivity contribution is 8.14. The average Bonchev–Trinajstić information content (AvgIpc) is 2.70. The average molecular weight is 523 g/mol. The molecule has 1 N–H and O–H groups in total. The van der Waals surface area contributed by atoms with Gasteiger partial charge in [-0.25, -0.2) is 0 Å². The molecule has 198 valence electrons. The Morgan fingerprint density at radius 3 is 2.09 bits per heavy atom. The monoisotopic (exact) mass is 522 g/mol. The van der Waals surface area contributed by atoms with E-state index < -0.39 is 32.7 Å². The lowest BCUT2D eigenvalue weighted by Crippen LogP contribution is -2.54. The van der Waals surface area contributed by atoms with Crippen LogP contribution in [0.5, 0.6) is 0 Å². The van der Waals surface area contributed by atoms with Crippen molar-refractivity contribution < 1.29 is 23.8 Å². The minimum absolute atomic E-state index is 0.0712. The molecule has 0 aliphatic heterocycles. The Kier molecular flexibility index (Phi) is 12.2. The minimum Gasteiger partial charge on any atom is -0.401 e. The third kappa shape index (κ3) is 10.8. The van der Waals surface area contributed by atoms with Crippen LogP contribution < -0.4 is 0 Å². The van der Waals surface area contributed by atoms with E-state index in [-0.39, 0.29) is 27.4 Å². The zero-order valence-corrected chi connectivity index (χ0v) is 25.3. The number of carbonyl (C=O) groups is 1. The van der Waals surface area contributed by atoms with Crippen molar-refractivity contribution in [3.05, 3.63) is 35.9 Å². The number of aliphatic hydroxyl groups excluding tert-OH is 1. The second-order valence-electron chi connectivity index (χ2n) is 11.7. The summed E-state index contributed by atoms with van der Waals surface area (Å²) in [7, 11) is -0.855. The van der Waals surface area contributed by atoms with Gasteiger partial charge in [0.25, 0.3) is 0 Å². The lowest BCUT2D eigenvalue weighted by atomic mass is 10.0. The molecule has 5 nitrogen and oxygen atoms in total. The molecule has 7 heteroatoms. The van der Waals surface area contributed by atoms with E-state index in [9.17, 15) is 9.90 Å². The second-order valence-corrected chi connectivity index (χ2v) is 18.3. The first-order chi connectivity index (χ1) is 16.0. The van der Waals surface area contributed by atoms with Crippen molar-refractivity contribution >= 4 is 25.2 Å². The molecule has 0 spiro atoms. The molecule has 0 saturated heterocycles. The third-order valence-corrected chi connectivity index (χ3v) is 11.4. The number of ether oxygens (including phenoxy) is 2. The third-order valence-electron chi connectivity index (χ3n) is 5.87. The molecule has 0 aliphatic carbocycles. The summed E-state index contributed by atoms with van der Waals surface area (Å²) in [6.45, 7) is 20.9. The predicted octanol–water partition coefficient (Wildman–Crippen LogP) is 6.06. The highest BCUT2D eigenvalue weighted by Crippen LogP contribution is 2.38. The molecule has 1 rings (SSSR count). The molecule has 1 aromatic carbocycles. The van der Waals surface area contributed by atoms with Crippen LogP contribution in [0.15, 0.2) is 30.3 Å². The van der Waals surface area contributed by atoms with E-state index in [1.165, 1.54) is 7.11 Å². The normalized spacial score (nSPS) is 16.3. The lowest BCUT2D eigenvalue weighted by molar-refractivity contribution is -0.147. The standard InChI is InChI=1S/C28H46O5SSi/c1-20(2)17-18-22(33-35(10,11)28(6,7)8)24(32-19-21-15-13-12-14-16-21)23(29)25(31-9)26(30)34-27(3,4)5/h12-16,20,22-25,29H,19H2,1-11H3/t22-,23-,24+,25-/m1/s1. The van der Waals surface area contributed by atoms with Crippen LogP contribution in [0.2, 0.25) is 18.1 Å². The number of benzene rings is 1. The maximum absolute atomic E-state index is 13.1. The maximum atomic E-state index is 13.1. The van der Waals surface area contributed by atoms with E-state index in [2.05, 4.69) is 45.7 Å². The summed E-state index contributed by atoms with van der Waals surface area (Å²) in [5, 5.41) is 11.2. The first kappa shape index (κ1) is 31.9. The smallest absolute Gasteiger partial charge is 0.220 e. The van der Waals surface area contributed by atoms with Crippen LogP contribution in [0.25, 0.3) is 0 Å². The Labute approximate surface area is 218 Å². The molecule has 0 heterocycles. The fourth-order valence-electron chi connectivity index (χ4n) is 2.96. The van der Waals surface area contributed by atoms with Crippen molar-refractivity contribution in [3.8, 4) is 11.8 Å². The second kappa shape index (κ2) is 13.4. The summed E-state index contributed by atoms with van der Waals surface area (Å²) in [5.74, 6) is 6.55. The number of hydrogen-bond donors (Lipinski definition) is 1. The van der Waals surface area contributed by atoms with Gasteiger partial charge in [0.05, 0.1) is 6.61 Å². The van der Waals surface area contributed by atoms with Gasteiger partial charge in [-0.2, -0.15) is 0 Å². The summed E-state index contributed by atoms with van der Waals surface area (Å²) >= 11 is 1.15. The fraction of sp³-hybridized carbons (Fsp3) is 0.679. The van der Waals surface area contributed by atoms with Crippen molar-refractivity contribution in [2.24, 2.45) is 5.92 Å². The van der Waals surface area contributed by atoms with E-state index in [1.807, 2.05) is 65.0 Å². The molecule has 0 unspecified atom stereocenters. The van der Waals surface area contributed by atoms with Crippen molar-refractivity contribution in [1.29, 1.82) is 0 Å². The Bertz CT molecular complexity index is 846. The quantitative estimate of drug-likeness (QED) is 0.298. The van der Waals surface area contributed by atoms with Gasteiger partial charge in [-0.05, 0) is 23.7 Å². The number of hydrogen-bond acceptors (Lipinski definition) is 6. The van der Waals surface area contributed by atoms with E-state index in [0.29, 0.717) is 0 Å². The van der Waals surface area contributed by atoms with Gasteiger partial charge >= 0.3 is 0 Å². The molecule has 4 atom stereocenters. The Morgan fingerprint density at radius 1 is 1.06 bits per heavy atom. The highest BCUT2D eigenvalue weighted by atomic mass is 32.2. The van der Waals surface area contributed by atoms with Gasteiger partial charge in [0.2, 0.25) is 5.12 Å². The molecule has 0 aliphatic rings. The Balaban J connectivity index is 3.45. The molecule has 0 amide bonds. The van der Waals surface area contributed by atoms with E-state index >= 15 is 0 Å². The van der Waals surface area contributed by atoms with Crippen molar-refractivity contribution in [3.63, 3.8) is 0 Å². The zero-order chi connectivity index (χ0) is 27.0. The van der Waals surface area contributed by atoms with E-state index in [0.717, 1.165) is 17.3 Å². The Hall–Kier alpha value is -1.14. The number of thioether (sulfide) groups is 1. The fourth-order valence-corrected chi connectivity index (χ4v) is 5.10. The number of methoxy groups -OCH3 is 1. The molecular weight excluding hydrogens is 476 g/mol. The van der Waals surface area contributed by atoms with Crippen LogP contribution in [0.3, 0.4) is 0 Å². The van der Waals surface area contributed by atoms with Gasteiger partial charge in [0.1, 0.15) is 18.3 Å². The van der Waals surface area contributed by atoms with E-state index in [1.54, 1.807) is 0 Å². The maximum Gasteiger partial charge on any atom is 0.220 e. The van der Waals surface area contributed by atoms with Crippen LogP contribution in [0, 0.1) is 17.8 Å². The van der Waals surface area contributed by atoms with Crippen LogP contribution in [-0.2, 0) is 25.3 Å². The van der Waals surface area contributed by atoms with Gasteiger partial charge in [-0.15, -0.1) is 0 Å². The van der Waals surface area contributed by atoms with Gasteiger partial charge < -0.3 is 19.0 Å². The summed E-state index contributed by atoms with van der Waals surface area (Å²) < 4.78 is 18.2. The largest absolute Gasteiger partial charge is 0.401 e. The molecule has 0 fully saturated rings. The van der Waals surface area contributed by atoms with Gasteiger partial charge in [-0.3, -0.25) is 4.79 Å². The van der Waals surface area contributed by atoms with Crippen LogP contribution in [-0.4, -0.2) is 54.8 Å². The number of carbonyl (C=O) groups excluding carboxylic acids is 1. The highest BCUT2D eigenvalue weighted by Gasteiger charge is 2.45. The first-order valence-corrected chi connectivity index (χ1v) is 16.0. The summed E-state index contributed by atoms with van der Waals surface area (Å²) in [4.78, 5) is 13.1. The minimum atomic E-state index is -2.29. The van der Waals surface area contributed by atoms with Gasteiger partial charge in [0, 0.05) is 17.8 Å². The van der Waals surface area contributed by atoms with Crippen LogP contribution in [0.1, 0.15) is 61.0 Å². The summed E-state index contributed by atoms with van der Waals surface area (Å²) in [6, 6.07) is 9.74. The molecule has 35 heavy (non-hydrogen) atoms. The first-order valence-electron chi connectivity index (χ1n) is 12.3. The SMILES string of the molecule is CO[C@@H](C(=O)SC(C)(C)C)[C@H](O)[C@@H](OCc1ccccc1)[C@@H](C#CC(C)C)O[Si](C)(C)C(C)(C)C. The molecule has 0 radical (unpaired) electrons. The van der Waals surface area contributed by atoms with Crippen LogP contribution in [0.4, 0.5) is 0 Å². The molecule has 0 bridgehead atoms. The topological polar surface area (TPSA) is 65.0 Å². The lowest BCUT2D eigenvalue weighted by Gasteiger charge is -2.41. The van der Waals surface area contributed by atoms with Crippen molar-refractivity contribution in [2.45, 2.75) is 109 Å². The van der Waals surface area contributed by atoms with Gasteiger partial charge in [-0.1, -0.05) is 109 Å². The zero-order valence-electron chi connectivity index (χ0n) is 23.5. The number of aliphatic hydroxyl groups is 1. The van der Waals surface area contributed by atoms with Crippen molar-refractivity contribution in [1.82, 2.24) is 0 Å². The molecule has 1 aromatic rings. The van der Waals surface area contributed by atoms with Crippen molar-refractivity contribution in [2.75, 3.05) is 7.11 Å². The molecule has 0 aromatic heterocycles. The summed E-state index contributed by atoms with van der Waals surface area (Å²) in [6.07, 6.45) is -3.94. The van der Waals surface area contributed by atoms with Crippen LogP contribution >= 0.6 is 11.8 Å². The number of rotatable bonds is 10. The predicted molar refractivity (Wildman–Crippen MR) is 149 cm³/mol. The molecule has 0 saturated carbocycles. The Morgan fingerprint density at radius 2 is 1.63 bits per heavy atom.